The van der Waals surface area contributed by atoms with Crippen LogP contribution in [0.3, 0.4) is 0 Å². The number of rotatable bonds is 3. The summed E-state index contributed by atoms with van der Waals surface area (Å²) in [5.41, 5.74) is 0.966. The quantitative estimate of drug-likeness (QED) is 0.786. The number of aliphatic imine (C=N–C) groups is 1. The van der Waals surface area contributed by atoms with E-state index < -0.39 is 0 Å². The molecule has 0 amide bonds. The van der Waals surface area contributed by atoms with Gasteiger partial charge in [0.15, 0.2) is 0 Å². The van der Waals surface area contributed by atoms with Crippen LogP contribution in [0.2, 0.25) is 0 Å². The highest BCUT2D eigenvalue weighted by atomic mass is 79.9. The van der Waals surface area contributed by atoms with Crippen molar-refractivity contribution in [3.8, 4) is 0 Å². The molecule has 0 saturated carbocycles. The summed E-state index contributed by atoms with van der Waals surface area (Å²) in [6.07, 6.45) is 5.89. The van der Waals surface area contributed by atoms with E-state index in [0.29, 0.717) is 4.47 Å². The van der Waals surface area contributed by atoms with Gasteiger partial charge in [-0.15, -0.1) is 0 Å². The van der Waals surface area contributed by atoms with Gasteiger partial charge in [-0.25, -0.2) is 0 Å². The number of halogens is 1. The van der Waals surface area contributed by atoms with Crippen LogP contribution in [-0.2, 0) is 7.05 Å². The Labute approximate surface area is 116 Å². The van der Waals surface area contributed by atoms with Gasteiger partial charge in [0.2, 0.25) is 0 Å². The average Bonchev–Trinajstić information content (AvgIpc) is 2.32. The van der Waals surface area contributed by atoms with Crippen molar-refractivity contribution in [1.82, 2.24) is 4.57 Å². The lowest BCUT2D eigenvalue weighted by Gasteiger charge is -2.02. The normalized spacial score (nSPS) is 12.9. The molecule has 3 nitrogen and oxygen atoms in total. The Morgan fingerprint density at radius 3 is 2.72 bits per heavy atom. The summed E-state index contributed by atoms with van der Waals surface area (Å²) in [4.78, 5) is 16.2. The van der Waals surface area contributed by atoms with Crippen molar-refractivity contribution in [3.05, 3.63) is 31.5 Å². The minimum Gasteiger partial charge on any atom is -0.311 e. The van der Waals surface area contributed by atoms with Crippen molar-refractivity contribution < 1.29 is 0 Å². The lowest BCUT2D eigenvalue weighted by atomic mass is 10.2. The Bertz CT molecular complexity index is 622. The Balaban J connectivity index is 3.65. The van der Waals surface area contributed by atoms with Crippen LogP contribution in [0, 0.1) is 0 Å². The first kappa shape index (κ1) is 14.9. The minimum absolute atomic E-state index is 0.0216. The first-order valence-corrected chi connectivity index (χ1v) is 6.83. The summed E-state index contributed by atoms with van der Waals surface area (Å²) in [6, 6.07) is 1.83. The molecule has 0 aromatic carbocycles. The topological polar surface area (TPSA) is 34.4 Å². The Kier molecular flexibility index (Phi) is 5.54. The number of hydrogen-bond acceptors (Lipinski definition) is 2. The molecule has 0 N–H and O–H groups in total. The Hall–Kier alpha value is -1.16. The van der Waals surface area contributed by atoms with Gasteiger partial charge in [-0.3, -0.25) is 9.79 Å². The van der Waals surface area contributed by atoms with Crippen LogP contribution in [-0.4, -0.2) is 10.3 Å². The molecule has 0 fully saturated rings. The molecule has 0 atom stereocenters. The molecular formula is C14H19BrN2O. The maximum Gasteiger partial charge on any atom is 0.265 e. The second kappa shape index (κ2) is 6.69. The SMILES string of the molecule is CCC/C=c1/c(=C\N=C(C)C)cc(Br)c(=O)n1C. The third-order valence-corrected chi connectivity index (χ3v) is 3.10. The largest absolute Gasteiger partial charge is 0.311 e. The van der Waals surface area contributed by atoms with Gasteiger partial charge in [0.25, 0.3) is 5.56 Å². The van der Waals surface area contributed by atoms with Crippen LogP contribution < -0.4 is 16.1 Å². The molecule has 0 saturated heterocycles. The maximum atomic E-state index is 11.9. The number of hydrogen-bond donors (Lipinski definition) is 0. The second-order valence-electron chi connectivity index (χ2n) is 4.40. The van der Waals surface area contributed by atoms with E-state index in [4.69, 9.17) is 0 Å². The summed E-state index contributed by atoms with van der Waals surface area (Å²) in [5.74, 6) is 0. The van der Waals surface area contributed by atoms with Crippen molar-refractivity contribution in [1.29, 1.82) is 0 Å². The first-order chi connectivity index (χ1) is 8.47. The Morgan fingerprint density at radius 2 is 2.17 bits per heavy atom. The third kappa shape index (κ3) is 3.67. The molecule has 0 radical (unpaired) electrons. The average molecular weight is 311 g/mol. The van der Waals surface area contributed by atoms with Gasteiger partial charge in [0, 0.05) is 29.5 Å². The van der Waals surface area contributed by atoms with Gasteiger partial charge in [-0.2, -0.15) is 0 Å². The number of aromatic nitrogens is 1. The first-order valence-electron chi connectivity index (χ1n) is 6.04. The maximum absolute atomic E-state index is 11.9. The fourth-order valence-corrected chi connectivity index (χ4v) is 2.09. The van der Waals surface area contributed by atoms with Crippen molar-refractivity contribution in [2.75, 3.05) is 0 Å². The van der Waals surface area contributed by atoms with Gasteiger partial charge in [0.1, 0.15) is 0 Å². The molecule has 0 aliphatic heterocycles. The lowest BCUT2D eigenvalue weighted by molar-refractivity contribution is 0.804. The number of pyridine rings is 1. The van der Waals surface area contributed by atoms with E-state index in [1.807, 2.05) is 19.9 Å². The molecule has 0 spiro atoms. The van der Waals surface area contributed by atoms with E-state index in [0.717, 1.165) is 29.1 Å². The molecule has 0 aliphatic rings. The van der Waals surface area contributed by atoms with Crippen molar-refractivity contribution in [3.63, 3.8) is 0 Å². The van der Waals surface area contributed by atoms with E-state index in [2.05, 4.69) is 33.9 Å². The summed E-state index contributed by atoms with van der Waals surface area (Å²) in [7, 11) is 1.79. The third-order valence-electron chi connectivity index (χ3n) is 2.54. The van der Waals surface area contributed by atoms with Crippen LogP contribution in [0.15, 0.2) is 20.3 Å². The minimum atomic E-state index is -0.0216. The second-order valence-corrected chi connectivity index (χ2v) is 5.25. The van der Waals surface area contributed by atoms with Crippen LogP contribution in [0.5, 0.6) is 0 Å². The molecule has 1 rings (SSSR count). The van der Waals surface area contributed by atoms with Crippen LogP contribution in [0.25, 0.3) is 12.3 Å². The molecule has 1 aromatic heterocycles. The zero-order valence-corrected chi connectivity index (χ0v) is 12.9. The zero-order chi connectivity index (χ0) is 13.7. The van der Waals surface area contributed by atoms with Gasteiger partial charge in [-0.05, 0) is 42.3 Å². The Morgan fingerprint density at radius 1 is 1.50 bits per heavy atom. The monoisotopic (exact) mass is 310 g/mol. The van der Waals surface area contributed by atoms with Crippen LogP contribution in [0.1, 0.15) is 33.6 Å². The summed E-state index contributed by atoms with van der Waals surface area (Å²) < 4.78 is 2.22. The molecular weight excluding hydrogens is 292 g/mol. The van der Waals surface area contributed by atoms with E-state index in [1.54, 1.807) is 17.8 Å². The molecule has 0 unspecified atom stereocenters. The lowest BCUT2D eigenvalue weighted by Crippen LogP contribution is -2.41. The smallest absolute Gasteiger partial charge is 0.265 e. The van der Waals surface area contributed by atoms with Crippen molar-refractivity contribution in [2.24, 2.45) is 12.0 Å². The fraction of sp³-hybridized carbons (Fsp3) is 0.429. The predicted octanol–water partition coefficient (Wildman–Crippen LogP) is 1.95. The molecule has 4 heteroatoms. The highest BCUT2D eigenvalue weighted by Gasteiger charge is 2.00. The summed E-state index contributed by atoms with van der Waals surface area (Å²) >= 11 is 3.29. The van der Waals surface area contributed by atoms with Gasteiger partial charge in [0.05, 0.1) is 4.47 Å². The highest BCUT2D eigenvalue weighted by molar-refractivity contribution is 9.10. The highest BCUT2D eigenvalue weighted by Crippen LogP contribution is 1.95. The summed E-state index contributed by atoms with van der Waals surface area (Å²) in [6.45, 7) is 6.01. The predicted molar refractivity (Wildman–Crippen MR) is 81.3 cm³/mol. The molecule has 98 valence electrons. The van der Waals surface area contributed by atoms with Crippen LogP contribution >= 0.6 is 15.9 Å². The number of unbranched alkanes of at least 4 members (excludes halogenated alkanes) is 1. The van der Waals surface area contributed by atoms with E-state index >= 15 is 0 Å². The van der Waals surface area contributed by atoms with Crippen molar-refractivity contribution >= 4 is 33.9 Å². The fourth-order valence-electron chi connectivity index (χ4n) is 1.57. The summed E-state index contributed by atoms with van der Waals surface area (Å²) in [5, 5.41) is 1.88. The van der Waals surface area contributed by atoms with E-state index in [9.17, 15) is 4.79 Å². The zero-order valence-electron chi connectivity index (χ0n) is 11.3. The van der Waals surface area contributed by atoms with Gasteiger partial charge < -0.3 is 4.57 Å². The molecule has 0 aliphatic carbocycles. The molecule has 1 heterocycles. The van der Waals surface area contributed by atoms with Gasteiger partial charge in [-0.1, -0.05) is 19.4 Å². The molecule has 0 bridgehead atoms. The molecule has 1 aromatic rings. The van der Waals surface area contributed by atoms with Crippen molar-refractivity contribution in [2.45, 2.75) is 33.6 Å². The van der Waals surface area contributed by atoms with E-state index in [1.165, 1.54) is 0 Å². The number of nitrogens with zero attached hydrogens (tertiary/aromatic N) is 2. The van der Waals surface area contributed by atoms with Gasteiger partial charge >= 0.3 is 0 Å². The van der Waals surface area contributed by atoms with Crippen LogP contribution in [0.4, 0.5) is 0 Å². The van der Waals surface area contributed by atoms with E-state index in [-0.39, 0.29) is 5.56 Å². The molecule has 18 heavy (non-hydrogen) atoms. The standard InChI is InChI=1S/C14H19BrN2O/c1-5-6-7-13-11(9-16-10(2)3)8-12(15)14(18)17(13)4/h7-9H,5-6H2,1-4H3/b11-9-,13-7-.